The van der Waals surface area contributed by atoms with Crippen LogP contribution in [0.4, 0.5) is 5.13 Å². The van der Waals surface area contributed by atoms with Crippen LogP contribution in [0.25, 0.3) is 15.8 Å². The molecular formula is C15H10N2O2S. The summed E-state index contributed by atoms with van der Waals surface area (Å²) >= 11 is 1.36. The van der Waals surface area contributed by atoms with Crippen molar-refractivity contribution < 1.29 is 9.21 Å². The van der Waals surface area contributed by atoms with Gasteiger partial charge in [-0.05, 0) is 29.8 Å². The minimum atomic E-state index is -0.00750. The Hall–Kier alpha value is -2.40. The molecule has 0 atom stereocenters. The first-order chi connectivity index (χ1) is 9.72. The third-order valence-corrected chi connectivity index (χ3v) is 4.35. The molecule has 98 valence electrons. The molecule has 2 aromatic heterocycles. The predicted octanol–water partition coefficient (Wildman–Crippen LogP) is 3.29. The summed E-state index contributed by atoms with van der Waals surface area (Å²) in [5.41, 5.74) is 9.16. The van der Waals surface area contributed by atoms with E-state index in [0.29, 0.717) is 11.6 Å². The number of hydrogen-bond donors (Lipinski definition) is 1. The van der Waals surface area contributed by atoms with Crippen LogP contribution in [-0.2, 0) is 6.42 Å². The lowest BCUT2D eigenvalue weighted by atomic mass is 9.89. The van der Waals surface area contributed by atoms with Crippen molar-refractivity contribution >= 4 is 38.0 Å². The Morgan fingerprint density at radius 1 is 1.30 bits per heavy atom. The standard InChI is InChI=1S/C15H10N2O2S/c16-15-17-10-4-3-8-6-9(12-2-1-5-19-12)7-11(18)13(8)14(10)20-15/h1-5,7H,6H2,(H2,16,17). The van der Waals surface area contributed by atoms with E-state index in [2.05, 4.69) is 4.98 Å². The summed E-state index contributed by atoms with van der Waals surface area (Å²) in [5.74, 6) is 0.736. The Kier molecular flexibility index (Phi) is 2.31. The second-order valence-electron chi connectivity index (χ2n) is 4.69. The Morgan fingerprint density at radius 2 is 2.20 bits per heavy atom. The monoisotopic (exact) mass is 282 g/mol. The molecule has 2 heterocycles. The summed E-state index contributed by atoms with van der Waals surface area (Å²) in [7, 11) is 0. The molecule has 4 nitrogen and oxygen atoms in total. The molecule has 0 fully saturated rings. The highest BCUT2D eigenvalue weighted by atomic mass is 32.1. The Morgan fingerprint density at radius 3 is 3.00 bits per heavy atom. The van der Waals surface area contributed by atoms with E-state index in [-0.39, 0.29) is 5.78 Å². The highest BCUT2D eigenvalue weighted by molar-refractivity contribution is 7.22. The molecule has 1 aliphatic carbocycles. The molecule has 1 aromatic carbocycles. The fourth-order valence-corrected chi connectivity index (χ4v) is 3.48. The Labute approximate surface area is 118 Å². The fraction of sp³-hybridized carbons (Fsp3) is 0.0667. The van der Waals surface area contributed by atoms with Crippen LogP contribution in [0, 0.1) is 0 Å². The number of fused-ring (bicyclic) bond motifs is 3. The van der Waals surface area contributed by atoms with Crippen LogP contribution >= 0.6 is 11.3 Å². The largest absolute Gasteiger partial charge is 0.465 e. The number of rotatable bonds is 1. The summed E-state index contributed by atoms with van der Waals surface area (Å²) in [4.78, 5) is 16.7. The number of anilines is 1. The molecule has 5 heteroatoms. The van der Waals surface area contributed by atoms with Gasteiger partial charge in [-0.1, -0.05) is 17.4 Å². The van der Waals surface area contributed by atoms with Gasteiger partial charge in [-0.2, -0.15) is 0 Å². The van der Waals surface area contributed by atoms with Crippen LogP contribution in [0.1, 0.15) is 21.7 Å². The van der Waals surface area contributed by atoms with E-state index in [1.54, 1.807) is 12.3 Å². The van der Waals surface area contributed by atoms with Crippen molar-refractivity contribution in [3.05, 3.63) is 53.5 Å². The second-order valence-corrected chi connectivity index (χ2v) is 5.72. The maximum Gasteiger partial charge on any atom is 0.188 e. The molecule has 0 amide bonds. The maximum absolute atomic E-state index is 12.4. The molecule has 3 aromatic rings. The van der Waals surface area contributed by atoms with Crippen molar-refractivity contribution in [2.24, 2.45) is 0 Å². The summed E-state index contributed by atoms with van der Waals surface area (Å²) in [6, 6.07) is 7.56. The van der Waals surface area contributed by atoms with Gasteiger partial charge >= 0.3 is 0 Å². The molecule has 0 spiro atoms. The zero-order chi connectivity index (χ0) is 13.7. The SMILES string of the molecule is Nc1nc2ccc3c(c2s1)C(=O)C=C(c1ccco1)C3. The number of carbonyl (C=O) groups excluding carboxylic acids is 1. The number of nitrogen functional groups attached to an aromatic ring is 1. The van der Waals surface area contributed by atoms with E-state index in [4.69, 9.17) is 10.2 Å². The molecule has 0 radical (unpaired) electrons. The lowest BCUT2D eigenvalue weighted by molar-refractivity contribution is 0.104. The zero-order valence-electron chi connectivity index (χ0n) is 10.4. The van der Waals surface area contributed by atoms with Crippen LogP contribution < -0.4 is 5.73 Å². The number of aromatic nitrogens is 1. The molecule has 0 unspecified atom stereocenters. The summed E-state index contributed by atoms with van der Waals surface area (Å²) in [6.07, 6.45) is 3.95. The molecule has 20 heavy (non-hydrogen) atoms. The van der Waals surface area contributed by atoms with Gasteiger partial charge in [-0.3, -0.25) is 4.79 Å². The molecule has 0 bridgehead atoms. The molecule has 0 saturated heterocycles. The van der Waals surface area contributed by atoms with Crippen molar-refractivity contribution in [2.45, 2.75) is 6.42 Å². The molecule has 2 N–H and O–H groups in total. The normalized spacial score (nSPS) is 14.4. The number of furan rings is 1. The highest BCUT2D eigenvalue weighted by Crippen LogP contribution is 2.35. The molecule has 1 aliphatic rings. The lowest BCUT2D eigenvalue weighted by Crippen LogP contribution is -2.09. The second kappa shape index (κ2) is 4.05. The Balaban J connectivity index is 1.91. The van der Waals surface area contributed by atoms with Crippen LogP contribution in [-0.4, -0.2) is 10.8 Å². The van der Waals surface area contributed by atoms with Crippen molar-refractivity contribution in [2.75, 3.05) is 5.73 Å². The predicted molar refractivity (Wildman–Crippen MR) is 78.8 cm³/mol. The number of benzene rings is 1. The van der Waals surface area contributed by atoms with Gasteiger partial charge in [0.15, 0.2) is 10.9 Å². The van der Waals surface area contributed by atoms with Gasteiger partial charge in [0.05, 0.1) is 16.5 Å². The first-order valence-corrected chi connectivity index (χ1v) is 7.01. The van der Waals surface area contributed by atoms with Crippen molar-refractivity contribution in [1.82, 2.24) is 4.98 Å². The van der Waals surface area contributed by atoms with Gasteiger partial charge in [0.25, 0.3) is 0 Å². The third kappa shape index (κ3) is 1.60. The first-order valence-electron chi connectivity index (χ1n) is 6.19. The number of thiazole rings is 1. The van der Waals surface area contributed by atoms with Gasteiger partial charge in [-0.15, -0.1) is 0 Å². The number of nitrogens with two attached hydrogens (primary N) is 1. The van der Waals surface area contributed by atoms with Crippen LogP contribution in [0.5, 0.6) is 0 Å². The number of hydrogen-bond acceptors (Lipinski definition) is 5. The van der Waals surface area contributed by atoms with Gasteiger partial charge in [0.1, 0.15) is 5.76 Å². The number of carbonyl (C=O) groups is 1. The highest BCUT2D eigenvalue weighted by Gasteiger charge is 2.23. The summed E-state index contributed by atoms with van der Waals surface area (Å²) < 4.78 is 6.25. The molecular weight excluding hydrogens is 272 g/mol. The van der Waals surface area contributed by atoms with Gasteiger partial charge in [-0.25, -0.2) is 4.98 Å². The third-order valence-electron chi connectivity index (χ3n) is 3.43. The van der Waals surface area contributed by atoms with E-state index in [1.165, 1.54) is 11.3 Å². The van der Waals surface area contributed by atoms with E-state index in [9.17, 15) is 4.79 Å². The van der Waals surface area contributed by atoms with Crippen LogP contribution in [0.15, 0.2) is 41.0 Å². The van der Waals surface area contributed by atoms with Crippen molar-refractivity contribution in [3.8, 4) is 0 Å². The Bertz CT molecular complexity index is 860. The fourth-order valence-electron chi connectivity index (χ4n) is 2.57. The average Bonchev–Trinajstić information content (AvgIpc) is 3.05. The van der Waals surface area contributed by atoms with Crippen LogP contribution in [0.3, 0.4) is 0 Å². The summed E-state index contributed by atoms with van der Waals surface area (Å²) in [5, 5.41) is 0.488. The van der Waals surface area contributed by atoms with Gasteiger partial charge < -0.3 is 10.2 Å². The smallest absolute Gasteiger partial charge is 0.188 e. The van der Waals surface area contributed by atoms with E-state index >= 15 is 0 Å². The number of nitrogens with zero attached hydrogens (tertiary/aromatic N) is 1. The minimum Gasteiger partial charge on any atom is -0.465 e. The minimum absolute atomic E-state index is 0.00750. The van der Waals surface area contributed by atoms with Gasteiger partial charge in [0, 0.05) is 17.6 Å². The molecule has 4 rings (SSSR count). The van der Waals surface area contributed by atoms with Gasteiger partial charge in [0.2, 0.25) is 0 Å². The summed E-state index contributed by atoms with van der Waals surface area (Å²) in [6.45, 7) is 0. The maximum atomic E-state index is 12.4. The quantitative estimate of drug-likeness (QED) is 0.743. The number of allylic oxidation sites excluding steroid dienone is 2. The van der Waals surface area contributed by atoms with Crippen LogP contribution in [0.2, 0.25) is 0 Å². The van der Waals surface area contributed by atoms with E-state index in [0.717, 1.165) is 32.7 Å². The van der Waals surface area contributed by atoms with Crippen molar-refractivity contribution in [1.29, 1.82) is 0 Å². The van der Waals surface area contributed by atoms with E-state index in [1.807, 2.05) is 24.3 Å². The lowest BCUT2D eigenvalue weighted by Gasteiger charge is -2.15. The van der Waals surface area contributed by atoms with E-state index < -0.39 is 0 Å². The molecule has 0 aliphatic heterocycles. The average molecular weight is 282 g/mol. The van der Waals surface area contributed by atoms with Crippen molar-refractivity contribution in [3.63, 3.8) is 0 Å². The zero-order valence-corrected chi connectivity index (χ0v) is 11.2. The molecule has 0 saturated carbocycles. The topological polar surface area (TPSA) is 69.1 Å². The number of ketones is 1. The first kappa shape index (κ1) is 11.4.